The molecule has 0 aliphatic carbocycles. The number of imidazole rings is 2. The lowest BCUT2D eigenvalue weighted by molar-refractivity contribution is -0.0681. The van der Waals surface area contributed by atoms with Crippen molar-refractivity contribution in [3.8, 4) is 0 Å². The molecule has 2 bridgehead atoms. The minimum Gasteiger partial charge on any atom is -0.382 e. The molecule has 3 fully saturated rings. The van der Waals surface area contributed by atoms with Crippen LogP contribution in [0.3, 0.4) is 0 Å². The number of phosphoric acid groups is 2. The molecule has 3 saturated heterocycles. The summed E-state index contributed by atoms with van der Waals surface area (Å²) in [4.78, 5) is 44.9. The van der Waals surface area contributed by atoms with Crippen LogP contribution in [0.5, 0.6) is 0 Å². The molecule has 248 valence electrons. The first-order valence-electron chi connectivity index (χ1n) is 13.3. The van der Waals surface area contributed by atoms with Gasteiger partial charge in [0.15, 0.2) is 47.4 Å². The van der Waals surface area contributed by atoms with Crippen molar-refractivity contribution in [2.75, 3.05) is 31.8 Å². The van der Waals surface area contributed by atoms with Crippen LogP contribution in [0.4, 0.5) is 20.5 Å². The fraction of sp³-hybridized carbons (Fsp3) is 0.524. The van der Waals surface area contributed by atoms with E-state index in [1.165, 1.54) is 10.9 Å². The molecule has 6 N–H and O–H groups in total. The van der Waals surface area contributed by atoms with Crippen LogP contribution >= 0.6 is 15.6 Å². The van der Waals surface area contributed by atoms with E-state index < -0.39 is 83.6 Å². The Morgan fingerprint density at radius 2 is 1.63 bits per heavy atom. The van der Waals surface area contributed by atoms with E-state index in [2.05, 4.69) is 29.9 Å². The van der Waals surface area contributed by atoms with Crippen molar-refractivity contribution in [3.63, 3.8) is 0 Å². The molecule has 46 heavy (non-hydrogen) atoms. The molecular weight excluding hydrogens is 668 g/mol. The number of nitrogen functional groups attached to an aromatic ring is 2. The standard InChI is InChI=1S/C21H24F2N10O11P2/c1-38-46(37)40-3-8-13(10(23)19(42-8)33-6-29-12-17(33)30-21(25)31-18(12)34)43-45(35,36)39-2-7-9(22)14(44-46)20(41-7)32-5-28-11-15(24)26-4-27-16(11)32/h4-10,13-14,19-20H,2-3H2,1H3,(H,35,36)(H2,24,26,27)(H3,25,30,31,34)/t7-,8-,9?,10+,13?,14+,19-,20-,46?/m1/s1. The van der Waals surface area contributed by atoms with Crippen LogP contribution in [0.1, 0.15) is 12.5 Å². The van der Waals surface area contributed by atoms with E-state index in [9.17, 15) is 18.8 Å². The second kappa shape index (κ2) is 11.3. The summed E-state index contributed by atoms with van der Waals surface area (Å²) in [6.45, 7) is -1.75. The van der Waals surface area contributed by atoms with Crippen molar-refractivity contribution < 1.29 is 54.9 Å². The predicted octanol–water partition coefficient (Wildman–Crippen LogP) is 0.267. The number of fused-ring (bicyclic) bond motifs is 5. The monoisotopic (exact) mass is 692 g/mol. The highest BCUT2D eigenvalue weighted by atomic mass is 31.2. The number of nitrogens with two attached hydrogens (primary N) is 2. The maximum Gasteiger partial charge on any atom is 0.475 e. The van der Waals surface area contributed by atoms with Crippen molar-refractivity contribution in [3.05, 3.63) is 29.3 Å². The number of alkyl halides is 2. The van der Waals surface area contributed by atoms with Gasteiger partial charge in [-0.25, -0.2) is 37.8 Å². The van der Waals surface area contributed by atoms with Crippen LogP contribution < -0.4 is 17.0 Å². The summed E-state index contributed by atoms with van der Waals surface area (Å²) in [6.07, 6.45) is -11.1. The number of rotatable bonds is 3. The van der Waals surface area contributed by atoms with Crippen molar-refractivity contribution in [2.45, 2.75) is 49.2 Å². The van der Waals surface area contributed by atoms with Gasteiger partial charge in [-0.2, -0.15) is 4.98 Å². The molecule has 0 amide bonds. The molecule has 3 aliphatic rings. The maximum absolute atomic E-state index is 16.0. The van der Waals surface area contributed by atoms with Gasteiger partial charge in [0.2, 0.25) is 5.95 Å². The lowest BCUT2D eigenvalue weighted by atomic mass is 10.1. The highest BCUT2D eigenvalue weighted by Crippen LogP contribution is 2.56. The highest BCUT2D eigenvalue weighted by Gasteiger charge is 2.55. The van der Waals surface area contributed by atoms with Gasteiger partial charge in [-0.15, -0.1) is 0 Å². The first-order valence-corrected chi connectivity index (χ1v) is 16.2. The third kappa shape index (κ3) is 5.27. The minimum atomic E-state index is -5.19. The molecule has 10 atom stereocenters. The van der Waals surface area contributed by atoms with Crippen LogP contribution in [0.15, 0.2) is 23.8 Å². The molecule has 25 heteroatoms. The van der Waals surface area contributed by atoms with E-state index >= 15 is 8.78 Å². The number of hydrogen-bond donors (Lipinski definition) is 4. The molecular formula is C21H24F2N10O11P2. The number of nitrogens with zero attached hydrogens (tertiary/aromatic N) is 7. The first kappa shape index (κ1) is 31.1. The third-order valence-electron chi connectivity index (χ3n) is 7.45. The number of anilines is 2. The summed E-state index contributed by atoms with van der Waals surface area (Å²) in [5.41, 5.74) is 10.6. The van der Waals surface area contributed by atoms with Gasteiger partial charge in [0, 0.05) is 7.11 Å². The Kier molecular flexibility index (Phi) is 7.67. The first-order chi connectivity index (χ1) is 21.9. The molecule has 0 saturated carbocycles. The summed E-state index contributed by atoms with van der Waals surface area (Å²) < 4.78 is 98.5. The van der Waals surface area contributed by atoms with Crippen LogP contribution in [0.2, 0.25) is 0 Å². The normalized spacial score (nSPS) is 37.1. The van der Waals surface area contributed by atoms with E-state index in [4.69, 9.17) is 43.6 Å². The average molecular weight is 692 g/mol. The fourth-order valence-electron chi connectivity index (χ4n) is 5.32. The SMILES string of the molecule is COP1(=O)OC[C@H]2O[C@@H](n3cnc4c(=O)[nH]c(N)nc43)[C@@H](F)C2OP(=O)(O)OC[C@H]2O[C@@H](n3cnc4c(N)ncnc43)[C@@H](O1)C2F. The molecule has 7 heterocycles. The smallest absolute Gasteiger partial charge is 0.382 e. The molecule has 3 aliphatic heterocycles. The Morgan fingerprint density at radius 3 is 2.39 bits per heavy atom. The second-order valence-electron chi connectivity index (χ2n) is 10.2. The van der Waals surface area contributed by atoms with Gasteiger partial charge in [-0.1, -0.05) is 0 Å². The Hall–Kier alpha value is -3.50. The predicted molar refractivity (Wildman–Crippen MR) is 146 cm³/mol. The van der Waals surface area contributed by atoms with E-state index in [1.807, 2.05) is 0 Å². The van der Waals surface area contributed by atoms with Crippen molar-refractivity contribution >= 4 is 49.7 Å². The zero-order valence-electron chi connectivity index (χ0n) is 23.2. The fourth-order valence-corrected chi connectivity index (χ4v) is 7.38. The Balaban J connectivity index is 1.22. The van der Waals surface area contributed by atoms with Crippen LogP contribution in [-0.4, -0.2) is 101 Å². The number of aromatic amines is 1. The molecule has 0 aromatic carbocycles. The van der Waals surface area contributed by atoms with E-state index in [0.29, 0.717) is 0 Å². The Bertz CT molecular complexity index is 1960. The van der Waals surface area contributed by atoms with E-state index in [-0.39, 0.29) is 34.1 Å². The zero-order chi connectivity index (χ0) is 32.5. The van der Waals surface area contributed by atoms with Crippen molar-refractivity contribution in [1.82, 2.24) is 39.0 Å². The lowest BCUT2D eigenvalue weighted by Gasteiger charge is -2.26. The van der Waals surface area contributed by atoms with Gasteiger partial charge in [0.25, 0.3) is 5.56 Å². The van der Waals surface area contributed by atoms with E-state index in [1.54, 1.807) is 0 Å². The average Bonchev–Trinajstić information content (AvgIpc) is 3.77. The Labute approximate surface area is 254 Å². The number of phosphoric ester groups is 2. The van der Waals surface area contributed by atoms with Gasteiger partial charge in [-0.3, -0.25) is 41.5 Å². The summed E-state index contributed by atoms with van der Waals surface area (Å²) in [5, 5.41) is 0. The molecule has 21 nitrogen and oxygen atoms in total. The number of hydrogen-bond acceptors (Lipinski definition) is 17. The van der Waals surface area contributed by atoms with Gasteiger partial charge < -0.3 is 25.8 Å². The van der Waals surface area contributed by atoms with Gasteiger partial charge in [-0.05, 0) is 0 Å². The van der Waals surface area contributed by atoms with Crippen LogP contribution in [0.25, 0.3) is 22.3 Å². The largest absolute Gasteiger partial charge is 0.475 e. The topological polar surface area (TPSA) is 278 Å². The van der Waals surface area contributed by atoms with Gasteiger partial charge in [0.05, 0.1) is 25.9 Å². The molecule has 4 unspecified atom stereocenters. The van der Waals surface area contributed by atoms with Crippen molar-refractivity contribution in [1.29, 1.82) is 0 Å². The number of halogens is 2. The second-order valence-corrected chi connectivity index (χ2v) is 13.3. The molecule has 4 aromatic heterocycles. The number of nitrogens with one attached hydrogen (secondary N) is 1. The lowest BCUT2D eigenvalue weighted by Crippen LogP contribution is -2.34. The number of aromatic nitrogens is 8. The Morgan fingerprint density at radius 1 is 0.935 bits per heavy atom. The molecule has 4 aromatic rings. The molecule has 7 rings (SSSR count). The minimum absolute atomic E-state index is 0.00707. The summed E-state index contributed by atoms with van der Waals surface area (Å²) in [7, 11) is -8.95. The van der Waals surface area contributed by atoms with Crippen molar-refractivity contribution in [2.24, 2.45) is 0 Å². The number of H-pyrrole nitrogens is 1. The van der Waals surface area contributed by atoms with Crippen LogP contribution in [0, 0.1) is 0 Å². The molecule has 0 radical (unpaired) electrons. The quantitative estimate of drug-likeness (QED) is 0.210. The van der Waals surface area contributed by atoms with Crippen LogP contribution in [-0.2, 0) is 41.2 Å². The molecule has 0 spiro atoms. The summed E-state index contributed by atoms with van der Waals surface area (Å²) >= 11 is 0. The number of ether oxygens (including phenoxy) is 2. The summed E-state index contributed by atoms with van der Waals surface area (Å²) in [5.74, 6) is -0.296. The maximum atomic E-state index is 16.0. The van der Waals surface area contributed by atoms with E-state index in [0.717, 1.165) is 24.3 Å². The zero-order valence-corrected chi connectivity index (χ0v) is 25.0. The third-order valence-corrected chi connectivity index (χ3v) is 9.84. The highest BCUT2D eigenvalue weighted by molar-refractivity contribution is 7.48. The summed E-state index contributed by atoms with van der Waals surface area (Å²) in [6, 6.07) is 0. The van der Waals surface area contributed by atoms with Gasteiger partial charge >= 0.3 is 15.6 Å². The van der Waals surface area contributed by atoms with Gasteiger partial charge in [0.1, 0.15) is 36.3 Å².